The van der Waals surface area contributed by atoms with E-state index in [-0.39, 0.29) is 0 Å². The van der Waals surface area contributed by atoms with Crippen molar-refractivity contribution in [2.75, 3.05) is 35.0 Å². The molecule has 5 heteroatoms. The first-order valence-electron chi connectivity index (χ1n) is 11.3. The predicted molar refractivity (Wildman–Crippen MR) is 130 cm³/mol. The normalized spacial score (nSPS) is 18.9. The highest BCUT2D eigenvalue weighted by atomic mass is 16.5. The van der Waals surface area contributed by atoms with Gasteiger partial charge in [-0.3, -0.25) is 0 Å². The molecule has 0 spiro atoms. The number of methoxy groups -OCH3 is 4. The van der Waals surface area contributed by atoms with Gasteiger partial charge in [0.05, 0.1) is 41.0 Å². The number of hydrogen-bond acceptors (Lipinski definition) is 4. The summed E-state index contributed by atoms with van der Waals surface area (Å²) in [4.78, 5) is 1.72. The second-order valence-electron chi connectivity index (χ2n) is 8.50. The van der Waals surface area contributed by atoms with Crippen molar-refractivity contribution in [3.05, 3.63) is 48.0 Å². The highest BCUT2D eigenvalue weighted by Crippen LogP contribution is 2.44. The van der Waals surface area contributed by atoms with Crippen LogP contribution < -0.4 is 23.8 Å². The van der Waals surface area contributed by atoms with Crippen LogP contribution in [0.15, 0.2) is 36.9 Å². The third-order valence-corrected chi connectivity index (χ3v) is 6.83. The van der Waals surface area contributed by atoms with E-state index in [0.29, 0.717) is 0 Å². The molecule has 2 aliphatic rings. The Morgan fingerprint density at radius 2 is 1.22 bits per heavy atom. The van der Waals surface area contributed by atoms with Crippen molar-refractivity contribution in [3.8, 4) is 23.0 Å². The fourth-order valence-corrected chi connectivity index (χ4v) is 5.40. The average molecular weight is 437 g/mol. The minimum atomic E-state index is 0.719. The van der Waals surface area contributed by atoms with Gasteiger partial charge >= 0.3 is 0 Å². The molecule has 1 fully saturated rings. The molecular weight excluding hydrogens is 402 g/mol. The Hall–Kier alpha value is -2.92. The number of benzene rings is 3. The molecule has 3 aromatic carbocycles. The summed E-state index contributed by atoms with van der Waals surface area (Å²) in [7, 11) is 6.78. The van der Waals surface area contributed by atoms with E-state index in [1.807, 2.05) is 6.92 Å². The lowest BCUT2D eigenvalue weighted by atomic mass is 9.85. The van der Waals surface area contributed by atoms with Crippen molar-refractivity contribution in [2.45, 2.75) is 38.8 Å². The molecule has 0 amide bonds. The topological polar surface area (TPSA) is 41.4 Å². The van der Waals surface area contributed by atoms with E-state index in [9.17, 15) is 0 Å². The van der Waals surface area contributed by atoms with E-state index in [2.05, 4.69) is 30.8 Å². The van der Waals surface area contributed by atoms with Crippen LogP contribution in [-0.4, -0.2) is 41.0 Å². The van der Waals surface area contributed by atoms with Gasteiger partial charge in [0.15, 0.2) is 23.0 Å². The Morgan fingerprint density at radius 3 is 1.69 bits per heavy atom. The monoisotopic (exact) mass is 436 g/mol. The van der Waals surface area contributed by atoms with E-state index < -0.39 is 0 Å². The van der Waals surface area contributed by atoms with E-state index in [1.54, 1.807) is 39.4 Å². The van der Waals surface area contributed by atoms with Gasteiger partial charge in [0.1, 0.15) is 6.54 Å². The molecule has 2 heterocycles. The number of rotatable bonds is 4. The van der Waals surface area contributed by atoms with Gasteiger partial charge in [-0.1, -0.05) is 6.08 Å². The lowest BCUT2D eigenvalue weighted by Crippen LogP contribution is -3.13. The summed E-state index contributed by atoms with van der Waals surface area (Å²) in [6.07, 6.45) is 5.49. The second kappa shape index (κ2) is 9.29. The maximum absolute atomic E-state index is 5.64. The van der Waals surface area contributed by atoms with Crippen LogP contribution in [0.1, 0.15) is 30.9 Å². The van der Waals surface area contributed by atoms with Crippen LogP contribution in [0.3, 0.4) is 0 Å². The van der Waals surface area contributed by atoms with Crippen LogP contribution in [-0.2, 0) is 13.0 Å². The van der Waals surface area contributed by atoms with Gasteiger partial charge in [-0.15, -0.1) is 6.58 Å². The molecule has 0 aliphatic carbocycles. The van der Waals surface area contributed by atoms with Crippen LogP contribution in [0.4, 0.5) is 0 Å². The quantitative estimate of drug-likeness (QED) is 0.489. The molecule has 1 N–H and O–H groups in total. The summed E-state index contributed by atoms with van der Waals surface area (Å²) < 4.78 is 22.5. The minimum Gasteiger partial charge on any atom is -0.493 e. The Bertz CT molecular complexity index is 1070. The smallest absolute Gasteiger partial charge is 0.161 e. The van der Waals surface area contributed by atoms with Crippen molar-refractivity contribution in [1.29, 1.82) is 0 Å². The lowest BCUT2D eigenvalue weighted by Gasteiger charge is -2.31. The summed E-state index contributed by atoms with van der Waals surface area (Å²) in [6.45, 7) is 7.58. The zero-order valence-corrected chi connectivity index (χ0v) is 19.8. The van der Waals surface area contributed by atoms with Gasteiger partial charge in [-0.05, 0) is 58.3 Å². The Morgan fingerprint density at radius 1 is 0.781 bits per heavy atom. The van der Waals surface area contributed by atoms with E-state index in [0.717, 1.165) is 42.0 Å². The second-order valence-corrected chi connectivity index (χ2v) is 8.50. The molecule has 2 atom stereocenters. The van der Waals surface area contributed by atoms with Crippen LogP contribution in [0, 0.1) is 0 Å². The maximum Gasteiger partial charge on any atom is 0.161 e. The summed E-state index contributed by atoms with van der Waals surface area (Å²) >= 11 is 0. The molecule has 0 bridgehead atoms. The standard InChI is InChI=1S/C24H27NO4.C3H6/c1-26-21-9-16-15-8-14-6-5-7-25(14)13-20(15)19-12-24(29-4)23(28-3)11-18(19)17(16)10-22(21)27-2;1-3-2/h9-12,14H,5-8,13H2,1-4H3;3H,1H2,2H3/p+1. The molecule has 170 valence electrons. The molecule has 2 aliphatic heterocycles. The molecular formula is C27H34NO4+. The average Bonchev–Trinajstić information content (AvgIpc) is 3.29. The maximum atomic E-state index is 5.64. The van der Waals surface area contributed by atoms with Gasteiger partial charge in [-0.2, -0.15) is 0 Å². The number of fused-ring (bicyclic) bond motifs is 7. The molecule has 5 nitrogen and oxygen atoms in total. The SMILES string of the molecule is C=CC.COc1cc2c3c(c4cc(OC)c(OC)cc4c2cc1OC)C[NH+]1CCCC1C3. The van der Waals surface area contributed by atoms with Gasteiger partial charge in [-0.25, -0.2) is 0 Å². The van der Waals surface area contributed by atoms with Gasteiger partial charge in [0, 0.05) is 24.8 Å². The van der Waals surface area contributed by atoms with Crippen molar-refractivity contribution in [2.24, 2.45) is 0 Å². The highest BCUT2D eigenvalue weighted by molar-refractivity contribution is 6.12. The summed E-state index contributed by atoms with van der Waals surface area (Å²) in [5, 5.41) is 4.88. The lowest BCUT2D eigenvalue weighted by molar-refractivity contribution is -0.927. The number of quaternary nitrogens is 1. The predicted octanol–water partition coefficient (Wildman–Crippen LogP) is 4.32. The Balaban J connectivity index is 0.000000775. The first kappa shape index (κ1) is 22.3. The number of ether oxygens (including phenoxy) is 4. The molecule has 2 unspecified atom stereocenters. The molecule has 0 radical (unpaired) electrons. The summed E-state index contributed by atoms with van der Waals surface area (Å²) in [6, 6.07) is 9.24. The van der Waals surface area contributed by atoms with Gasteiger partial charge in [0.25, 0.3) is 0 Å². The van der Waals surface area contributed by atoms with E-state index >= 15 is 0 Å². The number of hydrogen-bond donors (Lipinski definition) is 1. The number of allylic oxidation sites excluding steroid dienone is 1. The fraction of sp³-hybridized carbons (Fsp3) is 0.407. The molecule has 0 aromatic heterocycles. The molecule has 1 saturated heterocycles. The van der Waals surface area contributed by atoms with Crippen molar-refractivity contribution >= 4 is 21.5 Å². The van der Waals surface area contributed by atoms with E-state index in [1.165, 1.54) is 52.1 Å². The highest BCUT2D eigenvalue weighted by Gasteiger charge is 2.36. The Labute approximate surface area is 190 Å². The Kier molecular flexibility index (Phi) is 6.47. The third kappa shape index (κ3) is 3.65. The summed E-state index contributed by atoms with van der Waals surface area (Å²) in [5.74, 6) is 3.06. The molecule has 5 rings (SSSR count). The zero-order valence-electron chi connectivity index (χ0n) is 19.8. The van der Waals surface area contributed by atoms with Crippen molar-refractivity contribution in [3.63, 3.8) is 0 Å². The van der Waals surface area contributed by atoms with Crippen LogP contribution in [0.25, 0.3) is 21.5 Å². The van der Waals surface area contributed by atoms with Gasteiger partial charge < -0.3 is 23.8 Å². The zero-order chi connectivity index (χ0) is 22.8. The number of nitrogens with one attached hydrogen (secondary N) is 1. The molecule has 3 aromatic rings. The molecule has 0 saturated carbocycles. The largest absolute Gasteiger partial charge is 0.493 e. The summed E-state index contributed by atoms with van der Waals surface area (Å²) in [5.41, 5.74) is 2.89. The third-order valence-electron chi connectivity index (χ3n) is 6.83. The van der Waals surface area contributed by atoms with Crippen LogP contribution in [0.2, 0.25) is 0 Å². The first-order chi connectivity index (χ1) is 15.6. The van der Waals surface area contributed by atoms with Crippen LogP contribution >= 0.6 is 0 Å². The van der Waals surface area contributed by atoms with E-state index in [4.69, 9.17) is 18.9 Å². The van der Waals surface area contributed by atoms with Gasteiger partial charge in [0.2, 0.25) is 0 Å². The van der Waals surface area contributed by atoms with Crippen molar-refractivity contribution < 1.29 is 23.8 Å². The minimum absolute atomic E-state index is 0.719. The van der Waals surface area contributed by atoms with Crippen LogP contribution in [0.5, 0.6) is 23.0 Å². The first-order valence-corrected chi connectivity index (χ1v) is 11.3. The fourth-order valence-electron chi connectivity index (χ4n) is 5.40. The molecule has 32 heavy (non-hydrogen) atoms. The van der Waals surface area contributed by atoms with Crippen molar-refractivity contribution in [1.82, 2.24) is 0 Å².